The molecule has 0 heterocycles. The Bertz CT molecular complexity index is 386. The minimum atomic E-state index is 0.129. The van der Waals surface area contributed by atoms with Gasteiger partial charge >= 0.3 is 0 Å². The molecule has 0 spiro atoms. The third-order valence-electron chi connectivity index (χ3n) is 4.52. The highest BCUT2D eigenvalue weighted by Gasteiger charge is 2.43. The van der Waals surface area contributed by atoms with Crippen molar-refractivity contribution in [3.05, 3.63) is 48.1 Å². The summed E-state index contributed by atoms with van der Waals surface area (Å²) in [6, 6.07) is 0. The molecule has 0 radical (unpaired) electrons. The zero-order chi connectivity index (χ0) is 12.3. The number of nitrogens with two attached hydrogens (primary N) is 1. The van der Waals surface area contributed by atoms with Crippen molar-refractivity contribution in [2.75, 3.05) is 6.54 Å². The molecule has 2 aliphatic rings. The first-order valence-electron chi connectivity index (χ1n) is 6.61. The van der Waals surface area contributed by atoms with Crippen LogP contribution in [0.3, 0.4) is 0 Å². The van der Waals surface area contributed by atoms with Gasteiger partial charge in [-0.15, -0.1) is 0 Å². The van der Waals surface area contributed by atoms with E-state index in [1.807, 2.05) is 0 Å². The zero-order valence-electron chi connectivity index (χ0n) is 10.9. The molecule has 0 bridgehead atoms. The summed E-state index contributed by atoms with van der Waals surface area (Å²) in [5.74, 6) is 1.54. The van der Waals surface area contributed by atoms with Gasteiger partial charge < -0.3 is 5.73 Å². The first kappa shape index (κ1) is 12.4. The van der Waals surface area contributed by atoms with Gasteiger partial charge in [-0.3, -0.25) is 0 Å². The highest BCUT2D eigenvalue weighted by molar-refractivity contribution is 5.36. The van der Waals surface area contributed by atoms with Gasteiger partial charge in [-0.1, -0.05) is 62.8 Å². The van der Waals surface area contributed by atoms with Crippen LogP contribution in [0.2, 0.25) is 0 Å². The predicted molar refractivity (Wildman–Crippen MR) is 74.6 cm³/mol. The third-order valence-corrected chi connectivity index (χ3v) is 4.52. The van der Waals surface area contributed by atoms with Gasteiger partial charge in [-0.2, -0.15) is 0 Å². The number of allylic oxidation sites excluding steroid dienone is 7. The molecule has 0 aliphatic heterocycles. The molecule has 2 N–H and O–H groups in total. The van der Waals surface area contributed by atoms with Crippen molar-refractivity contribution in [1.82, 2.24) is 0 Å². The van der Waals surface area contributed by atoms with Gasteiger partial charge in [0.1, 0.15) is 0 Å². The van der Waals surface area contributed by atoms with Gasteiger partial charge in [-0.25, -0.2) is 0 Å². The smallest absolute Gasteiger partial charge is 0.00780 e. The van der Waals surface area contributed by atoms with Gasteiger partial charge in [0.05, 0.1) is 0 Å². The molecule has 1 fully saturated rings. The first-order valence-corrected chi connectivity index (χ1v) is 6.61. The molecule has 0 saturated heterocycles. The van der Waals surface area contributed by atoms with E-state index < -0.39 is 0 Å². The highest BCUT2D eigenvalue weighted by atomic mass is 14.6. The lowest BCUT2D eigenvalue weighted by Gasteiger charge is -2.48. The lowest BCUT2D eigenvalue weighted by molar-refractivity contribution is 0.0763. The fraction of sp³-hybridized carbons (Fsp3) is 0.500. The average Bonchev–Trinajstić information content (AvgIpc) is 2.26. The van der Waals surface area contributed by atoms with Crippen LogP contribution in [0.5, 0.6) is 0 Å². The second kappa shape index (κ2) is 5.05. The summed E-state index contributed by atoms with van der Waals surface area (Å²) in [4.78, 5) is 0. The second-order valence-corrected chi connectivity index (χ2v) is 5.53. The normalized spacial score (nSPS) is 39.8. The van der Waals surface area contributed by atoms with Crippen LogP contribution in [0.1, 0.15) is 26.7 Å². The zero-order valence-corrected chi connectivity index (χ0v) is 10.9. The predicted octanol–water partition coefficient (Wildman–Crippen LogP) is 3.61. The third kappa shape index (κ3) is 2.30. The summed E-state index contributed by atoms with van der Waals surface area (Å²) in [5, 5.41) is 0. The molecule has 3 atom stereocenters. The molecule has 2 aliphatic carbocycles. The maximum absolute atomic E-state index is 6.08. The van der Waals surface area contributed by atoms with E-state index in [2.05, 4.69) is 56.4 Å². The number of hydrogen-bond acceptors (Lipinski definition) is 1. The Kier molecular flexibility index (Phi) is 3.68. The molecule has 2 rings (SSSR count). The van der Waals surface area contributed by atoms with Crippen molar-refractivity contribution in [2.45, 2.75) is 26.7 Å². The molecule has 1 nitrogen and oxygen atoms in total. The van der Waals surface area contributed by atoms with Gasteiger partial charge in [0.2, 0.25) is 0 Å². The highest BCUT2D eigenvalue weighted by Crippen LogP contribution is 2.49. The van der Waals surface area contributed by atoms with E-state index in [-0.39, 0.29) is 5.41 Å². The lowest BCUT2D eigenvalue weighted by atomic mass is 9.57. The maximum Gasteiger partial charge on any atom is 0.00780 e. The second-order valence-electron chi connectivity index (χ2n) is 5.53. The van der Waals surface area contributed by atoms with Crippen LogP contribution in [0.25, 0.3) is 0 Å². The summed E-state index contributed by atoms with van der Waals surface area (Å²) in [5.41, 5.74) is 7.58. The fourth-order valence-electron chi connectivity index (χ4n) is 3.04. The Hall–Kier alpha value is -1.08. The van der Waals surface area contributed by atoms with Gasteiger partial charge in [-0.05, 0) is 23.8 Å². The van der Waals surface area contributed by atoms with E-state index in [1.54, 1.807) is 0 Å². The Morgan fingerprint density at radius 1 is 1.18 bits per heavy atom. The van der Waals surface area contributed by atoms with Crippen molar-refractivity contribution < 1.29 is 0 Å². The Morgan fingerprint density at radius 3 is 2.47 bits per heavy atom. The summed E-state index contributed by atoms with van der Waals surface area (Å²) >= 11 is 0. The van der Waals surface area contributed by atoms with Crippen LogP contribution >= 0.6 is 0 Å². The summed E-state index contributed by atoms with van der Waals surface area (Å²) < 4.78 is 0. The molecule has 0 aromatic rings. The van der Waals surface area contributed by atoms with E-state index >= 15 is 0 Å². The average molecular weight is 229 g/mol. The molecule has 0 aromatic heterocycles. The number of hydrogen-bond donors (Lipinski definition) is 1. The van der Waals surface area contributed by atoms with Crippen LogP contribution in [0.4, 0.5) is 0 Å². The van der Waals surface area contributed by atoms with E-state index in [0.29, 0.717) is 0 Å². The topological polar surface area (TPSA) is 26.0 Å². The van der Waals surface area contributed by atoms with Crippen LogP contribution in [-0.2, 0) is 0 Å². The van der Waals surface area contributed by atoms with E-state index in [4.69, 9.17) is 5.73 Å². The quantitative estimate of drug-likeness (QED) is 0.786. The fourth-order valence-corrected chi connectivity index (χ4v) is 3.04. The van der Waals surface area contributed by atoms with Crippen molar-refractivity contribution in [3.63, 3.8) is 0 Å². The largest absolute Gasteiger partial charge is 0.330 e. The maximum atomic E-state index is 6.08. The van der Waals surface area contributed by atoms with Crippen LogP contribution in [0, 0.1) is 17.3 Å². The molecule has 0 aromatic carbocycles. The molecular formula is C16H23N. The monoisotopic (exact) mass is 229 g/mol. The molecule has 1 saturated carbocycles. The van der Waals surface area contributed by atoms with Crippen LogP contribution in [0.15, 0.2) is 48.1 Å². The molecular weight excluding hydrogens is 206 g/mol. The lowest BCUT2D eigenvalue weighted by Crippen LogP contribution is -2.44. The minimum Gasteiger partial charge on any atom is -0.330 e. The molecule has 1 unspecified atom stereocenters. The summed E-state index contributed by atoms with van der Waals surface area (Å²) in [6.45, 7) is 5.41. The van der Waals surface area contributed by atoms with Gasteiger partial charge in [0, 0.05) is 12.0 Å². The minimum absolute atomic E-state index is 0.129. The summed E-state index contributed by atoms with van der Waals surface area (Å²) in [6.07, 6.45) is 17.5. The van der Waals surface area contributed by atoms with Crippen molar-refractivity contribution in [1.29, 1.82) is 0 Å². The van der Waals surface area contributed by atoms with Crippen LogP contribution in [-0.4, -0.2) is 6.54 Å². The van der Waals surface area contributed by atoms with E-state index in [0.717, 1.165) is 18.4 Å². The van der Waals surface area contributed by atoms with Gasteiger partial charge in [0.15, 0.2) is 0 Å². The Labute approximate surface area is 105 Å². The molecule has 1 heteroatoms. The molecule has 92 valence electrons. The van der Waals surface area contributed by atoms with Crippen molar-refractivity contribution in [2.24, 2.45) is 23.0 Å². The Morgan fingerprint density at radius 2 is 1.88 bits per heavy atom. The van der Waals surface area contributed by atoms with E-state index in [9.17, 15) is 0 Å². The Balaban J connectivity index is 2.27. The van der Waals surface area contributed by atoms with Crippen molar-refractivity contribution >= 4 is 0 Å². The first-order chi connectivity index (χ1) is 8.18. The molecule has 17 heavy (non-hydrogen) atoms. The van der Waals surface area contributed by atoms with Gasteiger partial charge in [0.25, 0.3) is 0 Å². The van der Waals surface area contributed by atoms with E-state index in [1.165, 1.54) is 18.4 Å². The number of rotatable bonds is 3. The molecule has 0 amide bonds. The van der Waals surface area contributed by atoms with Crippen molar-refractivity contribution in [3.8, 4) is 0 Å². The standard InChI is InChI=1S/C16H23N/c1-13-10-11-15(13)16(2,12-17)14-8-6-4-3-5-7-9-14/h3-9,13,15H,10-12,17H2,1-2H3/b4-3-,5-3?,6-4?,7-5+,8-6+,9-7?,14-8?,14-9+/t13?,15-,16-/m0/s1. The summed E-state index contributed by atoms with van der Waals surface area (Å²) in [7, 11) is 0. The SMILES string of the molecule is CC1CC[C@@H]1[C@@](C)(CN)C1=C/C=C/C=C\C=C\1. The van der Waals surface area contributed by atoms with Crippen LogP contribution < -0.4 is 5.73 Å².